The zero-order chi connectivity index (χ0) is 17.7. The molecule has 3 rings (SSSR count). The Hall–Kier alpha value is -1.70. The Morgan fingerprint density at radius 3 is 2.56 bits per heavy atom. The van der Waals surface area contributed by atoms with E-state index in [1.54, 1.807) is 24.3 Å². The number of sulfone groups is 1. The van der Waals surface area contributed by atoms with Crippen LogP contribution in [-0.4, -0.2) is 62.6 Å². The molecule has 1 amide bonds. The molecule has 1 aliphatic rings. The van der Waals surface area contributed by atoms with Crippen LogP contribution in [0.3, 0.4) is 0 Å². The first-order valence-corrected chi connectivity index (χ1v) is 11.0. The van der Waals surface area contributed by atoms with Crippen molar-refractivity contribution in [3.63, 3.8) is 0 Å². The molecule has 0 unspecified atom stereocenters. The van der Waals surface area contributed by atoms with Crippen LogP contribution in [-0.2, 0) is 9.84 Å². The Morgan fingerprint density at radius 2 is 1.84 bits per heavy atom. The van der Waals surface area contributed by atoms with Crippen molar-refractivity contribution in [1.82, 2.24) is 9.80 Å². The number of rotatable bonds is 5. The maximum Gasteiger partial charge on any atom is 0.254 e. The molecule has 1 fully saturated rings. The summed E-state index contributed by atoms with van der Waals surface area (Å²) < 4.78 is 24.8. The van der Waals surface area contributed by atoms with E-state index in [0.717, 1.165) is 25.1 Å². The maximum atomic E-state index is 12.4. The molecule has 0 bridgehead atoms. The normalized spacial score (nSPS) is 16.6. The molecule has 1 aliphatic heterocycles. The highest BCUT2D eigenvalue weighted by atomic mass is 32.2. The van der Waals surface area contributed by atoms with Crippen molar-refractivity contribution in [2.24, 2.45) is 0 Å². The molecule has 0 atom stereocenters. The number of nitrogens with zero attached hydrogens (tertiary/aromatic N) is 2. The van der Waals surface area contributed by atoms with Gasteiger partial charge in [0, 0.05) is 31.6 Å². The molecule has 1 aromatic carbocycles. The Balaban J connectivity index is 1.54. The van der Waals surface area contributed by atoms with E-state index in [-0.39, 0.29) is 11.7 Å². The second-order valence-electron chi connectivity index (χ2n) is 6.13. The SMILES string of the molecule is O=C(c1ccsc1)N1CCCN(CCS(=O)(=O)c2ccccc2)CC1. The lowest BCUT2D eigenvalue weighted by atomic mass is 10.3. The van der Waals surface area contributed by atoms with Gasteiger partial charge in [0.05, 0.1) is 16.2 Å². The minimum atomic E-state index is -3.26. The highest BCUT2D eigenvalue weighted by molar-refractivity contribution is 7.91. The number of hydrogen-bond acceptors (Lipinski definition) is 5. The molecular weight excluding hydrogens is 356 g/mol. The summed E-state index contributed by atoms with van der Waals surface area (Å²) >= 11 is 1.52. The molecule has 0 N–H and O–H groups in total. The standard InChI is InChI=1S/C18H22N2O3S2/c21-18(16-7-13-24-15-16)20-9-4-8-19(10-11-20)12-14-25(22,23)17-5-2-1-3-6-17/h1-3,5-7,13,15H,4,8-12,14H2. The monoisotopic (exact) mass is 378 g/mol. The molecular formula is C18H22N2O3S2. The summed E-state index contributed by atoms with van der Waals surface area (Å²) in [5, 5.41) is 3.78. The van der Waals surface area contributed by atoms with Crippen LogP contribution < -0.4 is 0 Å². The fraction of sp³-hybridized carbons (Fsp3) is 0.389. The predicted octanol–water partition coefficient (Wildman–Crippen LogP) is 2.37. The van der Waals surface area contributed by atoms with Crippen LogP contribution in [0.1, 0.15) is 16.8 Å². The Morgan fingerprint density at radius 1 is 1.04 bits per heavy atom. The zero-order valence-electron chi connectivity index (χ0n) is 14.0. The third-order valence-electron chi connectivity index (χ3n) is 4.42. The zero-order valence-corrected chi connectivity index (χ0v) is 15.6. The molecule has 1 saturated heterocycles. The molecule has 0 aliphatic carbocycles. The lowest BCUT2D eigenvalue weighted by molar-refractivity contribution is 0.0762. The predicted molar refractivity (Wildman–Crippen MR) is 99.8 cm³/mol. The summed E-state index contributed by atoms with van der Waals surface area (Å²) in [5.41, 5.74) is 0.741. The first-order chi connectivity index (χ1) is 12.1. The van der Waals surface area contributed by atoms with Crippen LogP contribution in [0, 0.1) is 0 Å². The summed E-state index contributed by atoms with van der Waals surface area (Å²) in [4.78, 5) is 16.8. The average Bonchev–Trinajstić information content (AvgIpc) is 3.06. The van der Waals surface area contributed by atoms with Crippen LogP contribution in [0.2, 0.25) is 0 Å². The minimum Gasteiger partial charge on any atom is -0.337 e. The largest absolute Gasteiger partial charge is 0.337 e. The van der Waals surface area contributed by atoms with E-state index in [2.05, 4.69) is 4.90 Å². The summed E-state index contributed by atoms with van der Waals surface area (Å²) in [6.07, 6.45) is 0.862. The summed E-state index contributed by atoms with van der Waals surface area (Å²) in [7, 11) is -3.26. The van der Waals surface area contributed by atoms with Crippen LogP contribution >= 0.6 is 11.3 Å². The molecule has 2 heterocycles. The van der Waals surface area contributed by atoms with Gasteiger partial charge in [0.15, 0.2) is 9.84 Å². The van der Waals surface area contributed by atoms with Gasteiger partial charge in [-0.25, -0.2) is 8.42 Å². The molecule has 5 nitrogen and oxygen atoms in total. The van der Waals surface area contributed by atoms with E-state index in [1.165, 1.54) is 11.3 Å². The van der Waals surface area contributed by atoms with Crippen molar-refractivity contribution in [2.45, 2.75) is 11.3 Å². The van der Waals surface area contributed by atoms with Crippen LogP contribution in [0.4, 0.5) is 0 Å². The molecule has 0 spiro atoms. The first-order valence-electron chi connectivity index (χ1n) is 8.38. The van der Waals surface area contributed by atoms with Gasteiger partial charge in [-0.15, -0.1) is 0 Å². The van der Waals surface area contributed by atoms with Crippen LogP contribution in [0.5, 0.6) is 0 Å². The maximum absolute atomic E-state index is 12.4. The smallest absolute Gasteiger partial charge is 0.254 e. The van der Waals surface area contributed by atoms with Gasteiger partial charge >= 0.3 is 0 Å². The Labute approximate surface area is 152 Å². The molecule has 2 aromatic rings. The van der Waals surface area contributed by atoms with E-state index in [1.807, 2.05) is 27.8 Å². The van der Waals surface area contributed by atoms with E-state index >= 15 is 0 Å². The fourth-order valence-electron chi connectivity index (χ4n) is 2.96. The quantitative estimate of drug-likeness (QED) is 0.802. The molecule has 25 heavy (non-hydrogen) atoms. The highest BCUT2D eigenvalue weighted by Crippen LogP contribution is 2.14. The van der Waals surface area contributed by atoms with Crippen molar-refractivity contribution in [3.05, 3.63) is 52.7 Å². The van der Waals surface area contributed by atoms with E-state index in [4.69, 9.17) is 0 Å². The van der Waals surface area contributed by atoms with E-state index in [0.29, 0.717) is 24.5 Å². The second kappa shape index (κ2) is 8.12. The first kappa shape index (κ1) is 18.1. The van der Waals surface area contributed by atoms with Crippen molar-refractivity contribution < 1.29 is 13.2 Å². The fourth-order valence-corrected chi connectivity index (χ4v) is 4.90. The number of carbonyl (C=O) groups is 1. The Kier molecular flexibility index (Phi) is 5.88. The third kappa shape index (κ3) is 4.68. The van der Waals surface area contributed by atoms with Gasteiger partial charge < -0.3 is 9.80 Å². The van der Waals surface area contributed by atoms with Crippen molar-refractivity contribution in [3.8, 4) is 0 Å². The summed E-state index contributed by atoms with van der Waals surface area (Å²) in [6, 6.07) is 10.4. The van der Waals surface area contributed by atoms with Gasteiger partial charge in [-0.1, -0.05) is 18.2 Å². The second-order valence-corrected chi connectivity index (χ2v) is 9.02. The number of amides is 1. The van der Waals surface area contributed by atoms with Gasteiger partial charge in [0.2, 0.25) is 0 Å². The van der Waals surface area contributed by atoms with Crippen LogP contribution in [0.15, 0.2) is 52.1 Å². The van der Waals surface area contributed by atoms with Crippen molar-refractivity contribution in [1.29, 1.82) is 0 Å². The van der Waals surface area contributed by atoms with E-state index in [9.17, 15) is 13.2 Å². The van der Waals surface area contributed by atoms with Gasteiger partial charge in [0.1, 0.15) is 0 Å². The highest BCUT2D eigenvalue weighted by Gasteiger charge is 2.22. The number of hydrogen-bond donors (Lipinski definition) is 0. The molecule has 1 aromatic heterocycles. The third-order valence-corrected chi connectivity index (χ3v) is 6.82. The minimum absolute atomic E-state index is 0.0695. The number of benzene rings is 1. The molecule has 0 radical (unpaired) electrons. The van der Waals surface area contributed by atoms with Gasteiger partial charge in [-0.05, 0) is 36.5 Å². The van der Waals surface area contributed by atoms with Gasteiger partial charge in [-0.2, -0.15) is 11.3 Å². The lowest BCUT2D eigenvalue weighted by Crippen LogP contribution is -2.36. The number of carbonyl (C=O) groups excluding carboxylic acids is 1. The van der Waals surface area contributed by atoms with Crippen molar-refractivity contribution >= 4 is 27.1 Å². The lowest BCUT2D eigenvalue weighted by Gasteiger charge is -2.21. The molecule has 134 valence electrons. The number of thiophene rings is 1. The summed E-state index contributed by atoms with van der Waals surface area (Å²) in [6.45, 7) is 3.38. The molecule has 0 saturated carbocycles. The topological polar surface area (TPSA) is 57.7 Å². The average molecular weight is 379 g/mol. The van der Waals surface area contributed by atoms with Crippen LogP contribution in [0.25, 0.3) is 0 Å². The Bertz CT molecular complexity index is 789. The van der Waals surface area contributed by atoms with Gasteiger partial charge in [-0.3, -0.25) is 4.79 Å². The van der Waals surface area contributed by atoms with E-state index < -0.39 is 9.84 Å². The van der Waals surface area contributed by atoms with Crippen molar-refractivity contribution in [2.75, 3.05) is 38.5 Å². The van der Waals surface area contributed by atoms with Gasteiger partial charge in [0.25, 0.3) is 5.91 Å². The summed E-state index contributed by atoms with van der Waals surface area (Å²) in [5.74, 6) is 0.176. The molecule has 7 heteroatoms.